The van der Waals surface area contributed by atoms with Crippen LogP contribution in [0.3, 0.4) is 0 Å². The molecule has 15 heavy (non-hydrogen) atoms. The fourth-order valence-electron chi connectivity index (χ4n) is 2.31. The van der Waals surface area contributed by atoms with Gasteiger partial charge in [0.25, 0.3) is 0 Å². The van der Waals surface area contributed by atoms with Gasteiger partial charge in [0, 0.05) is 12.7 Å². The second kappa shape index (κ2) is 4.19. The van der Waals surface area contributed by atoms with E-state index in [0.717, 1.165) is 5.82 Å². The summed E-state index contributed by atoms with van der Waals surface area (Å²) < 4.78 is 0. The second-order valence-corrected chi connectivity index (χ2v) is 4.53. The monoisotopic (exact) mass is 205 g/mol. The largest absolute Gasteiger partial charge is 0.363 e. The van der Waals surface area contributed by atoms with Gasteiger partial charge in [0.15, 0.2) is 0 Å². The summed E-state index contributed by atoms with van der Waals surface area (Å²) >= 11 is 0. The molecule has 1 aliphatic carbocycles. The predicted octanol–water partition coefficient (Wildman–Crippen LogP) is 2.07. The van der Waals surface area contributed by atoms with Crippen LogP contribution in [0.15, 0.2) is 18.3 Å². The van der Waals surface area contributed by atoms with Gasteiger partial charge < -0.3 is 11.1 Å². The van der Waals surface area contributed by atoms with Crippen LogP contribution in [0.5, 0.6) is 0 Å². The molecule has 0 unspecified atom stereocenters. The van der Waals surface area contributed by atoms with Crippen molar-refractivity contribution < 1.29 is 0 Å². The van der Waals surface area contributed by atoms with Crippen molar-refractivity contribution in [1.29, 1.82) is 0 Å². The summed E-state index contributed by atoms with van der Waals surface area (Å²) in [7, 11) is 0. The third-order valence-electron chi connectivity index (χ3n) is 3.26. The van der Waals surface area contributed by atoms with Gasteiger partial charge in [-0.1, -0.05) is 12.8 Å². The van der Waals surface area contributed by atoms with E-state index in [9.17, 15) is 0 Å². The van der Waals surface area contributed by atoms with Crippen molar-refractivity contribution in [2.24, 2.45) is 5.73 Å². The quantitative estimate of drug-likeness (QED) is 0.794. The van der Waals surface area contributed by atoms with Gasteiger partial charge in [0.2, 0.25) is 0 Å². The first kappa shape index (κ1) is 10.4. The summed E-state index contributed by atoms with van der Waals surface area (Å²) in [4.78, 5) is 4.33. The lowest BCUT2D eigenvalue weighted by Gasteiger charge is -2.29. The van der Waals surface area contributed by atoms with E-state index in [1.807, 2.05) is 12.3 Å². The van der Waals surface area contributed by atoms with Crippen LogP contribution in [0.2, 0.25) is 0 Å². The average molecular weight is 205 g/mol. The number of aryl methyl sites for hydroxylation is 1. The highest BCUT2D eigenvalue weighted by Gasteiger charge is 2.32. The number of anilines is 1. The lowest BCUT2D eigenvalue weighted by Crippen LogP contribution is -2.43. The third kappa shape index (κ3) is 2.29. The van der Waals surface area contributed by atoms with Gasteiger partial charge in [-0.25, -0.2) is 4.98 Å². The maximum atomic E-state index is 5.86. The van der Waals surface area contributed by atoms with E-state index in [2.05, 4.69) is 23.3 Å². The Labute approximate surface area is 91.1 Å². The van der Waals surface area contributed by atoms with E-state index in [1.54, 1.807) is 0 Å². The summed E-state index contributed by atoms with van der Waals surface area (Å²) in [5.41, 5.74) is 7.20. The van der Waals surface area contributed by atoms with Gasteiger partial charge in [0.05, 0.1) is 5.54 Å². The average Bonchev–Trinajstić information content (AvgIpc) is 2.67. The summed E-state index contributed by atoms with van der Waals surface area (Å²) in [6.45, 7) is 2.78. The van der Waals surface area contributed by atoms with Crippen LogP contribution in [0.25, 0.3) is 0 Å². The SMILES string of the molecule is Cc1ccnc(NC2(CN)CCCC2)c1. The van der Waals surface area contributed by atoms with Crippen molar-refractivity contribution in [3.8, 4) is 0 Å². The fourth-order valence-corrected chi connectivity index (χ4v) is 2.31. The molecular formula is C12H19N3. The van der Waals surface area contributed by atoms with E-state index < -0.39 is 0 Å². The molecule has 0 aromatic carbocycles. The minimum atomic E-state index is 0.0980. The molecule has 0 atom stereocenters. The lowest BCUT2D eigenvalue weighted by atomic mass is 9.98. The number of hydrogen-bond acceptors (Lipinski definition) is 3. The van der Waals surface area contributed by atoms with Crippen LogP contribution in [0.1, 0.15) is 31.2 Å². The van der Waals surface area contributed by atoms with Crippen molar-refractivity contribution in [3.63, 3.8) is 0 Å². The molecule has 0 saturated heterocycles. The molecule has 1 heterocycles. The zero-order chi connectivity index (χ0) is 10.7. The molecule has 0 spiro atoms. The maximum Gasteiger partial charge on any atom is 0.126 e. The molecule has 1 aliphatic rings. The third-order valence-corrected chi connectivity index (χ3v) is 3.26. The molecule has 1 saturated carbocycles. The first-order chi connectivity index (χ1) is 7.24. The van der Waals surface area contributed by atoms with Crippen LogP contribution in [0, 0.1) is 6.92 Å². The summed E-state index contributed by atoms with van der Waals surface area (Å²) in [5, 5.41) is 3.51. The van der Waals surface area contributed by atoms with Gasteiger partial charge in [-0.05, 0) is 37.5 Å². The Kier molecular flexibility index (Phi) is 2.91. The summed E-state index contributed by atoms with van der Waals surface area (Å²) in [5.74, 6) is 0.961. The highest BCUT2D eigenvalue weighted by Crippen LogP contribution is 2.31. The van der Waals surface area contributed by atoms with Gasteiger partial charge >= 0.3 is 0 Å². The van der Waals surface area contributed by atoms with E-state index in [0.29, 0.717) is 6.54 Å². The van der Waals surface area contributed by atoms with E-state index in [1.165, 1.54) is 31.2 Å². The highest BCUT2D eigenvalue weighted by molar-refractivity contribution is 5.40. The van der Waals surface area contributed by atoms with Gasteiger partial charge in [0.1, 0.15) is 5.82 Å². The fraction of sp³-hybridized carbons (Fsp3) is 0.583. The van der Waals surface area contributed by atoms with Gasteiger partial charge in [-0.15, -0.1) is 0 Å². The molecule has 2 rings (SSSR count). The highest BCUT2D eigenvalue weighted by atomic mass is 15.1. The van der Waals surface area contributed by atoms with Gasteiger partial charge in [-0.2, -0.15) is 0 Å². The Hall–Kier alpha value is -1.09. The molecule has 82 valence electrons. The molecule has 0 aliphatic heterocycles. The van der Waals surface area contributed by atoms with Crippen LogP contribution in [-0.2, 0) is 0 Å². The molecule has 3 nitrogen and oxygen atoms in total. The smallest absolute Gasteiger partial charge is 0.126 e. The summed E-state index contributed by atoms with van der Waals surface area (Å²) in [6.07, 6.45) is 6.72. The Morgan fingerprint density at radius 2 is 2.20 bits per heavy atom. The number of hydrogen-bond donors (Lipinski definition) is 2. The number of nitrogens with two attached hydrogens (primary N) is 1. The normalized spacial score (nSPS) is 19.1. The zero-order valence-corrected chi connectivity index (χ0v) is 9.29. The lowest BCUT2D eigenvalue weighted by molar-refractivity contribution is 0.491. The van der Waals surface area contributed by atoms with Crippen LogP contribution in [0.4, 0.5) is 5.82 Å². The molecular weight excluding hydrogens is 186 g/mol. The molecule has 3 N–H and O–H groups in total. The van der Waals surface area contributed by atoms with E-state index in [-0.39, 0.29) is 5.54 Å². The standard InChI is InChI=1S/C12H19N3/c1-10-4-7-14-11(8-10)15-12(9-13)5-2-3-6-12/h4,7-8H,2-3,5-6,9,13H2,1H3,(H,14,15). The van der Waals surface area contributed by atoms with Crippen molar-refractivity contribution in [3.05, 3.63) is 23.9 Å². The zero-order valence-electron chi connectivity index (χ0n) is 9.29. The van der Waals surface area contributed by atoms with Gasteiger partial charge in [-0.3, -0.25) is 0 Å². The minimum Gasteiger partial charge on any atom is -0.363 e. The number of nitrogens with one attached hydrogen (secondary N) is 1. The molecule has 1 fully saturated rings. The Balaban J connectivity index is 2.12. The first-order valence-electron chi connectivity index (χ1n) is 5.65. The van der Waals surface area contributed by atoms with Crippen molar-refractivity contribution in [2.45, 2.75) is 38.1 Å². The number of aromatic nitrogens is 1. The van der Waals surface area contributed by atoms with Crippen molar-refractivity contribution in [1.82, 2.24) is 4.98 Å². The van der Waals surface area contributed by atoms with Crippen molar-refractivity contribution in [2.75, 3.05) is 11.9 Å². The Morgan fingerprint density at radius 1 is 1.47 bits per heavy atom. The number of nitrogens with zero attached hydrogens (tertiary/aromatic N) is 1. The first-order valence-corrected chi connectivity index (χ1v) is 5.65. The molecule has 0 amide bonds. The van der Waals surface area contributed by atoms with E-state index in [4.69, 9.17) is 5.73 Å². The topological polar surface area (TPSA) is 50.9 Å². The van der Waals surface area contributed by atoms with Crippen molar-refractivity contribution >= 4 is 5.82 Å². The van der Waals surface area contributed by atoms with Crippen LogP contribution in [-0.4, -0.2) is 17.1 Å². The number of pyridine rings is 1. The van der Waals surface area contributed by atoms with Crippen LogP contribution >= 0.6 is 0 Å². The Morgan fingerprint density at radius 3 is 2.80 bits per heavy atom. The molecule has 3 heteroatoms. The number of rotatable bonds is 3. The minimum absolute atomic E-state index is 0.0980. The molecule has 0 radical (unpaired) electrons. The predicted molar refractivity (Wildman–Crippen MR) is 62.9 cm³/mol. The Bertz CT molecular complexity index is 329. The molecule has 0 bridgehead atoms. The van der Waals surface area contributed by atoms with Crippen LogP contribution < -0.4 is 11.1 Å². The maximum absolute atomic E-state index is 5.86. The molecule has 1 aromatic rings. The van der Waals surface area contributed by atoms with E-state index >= 15 is 0 Å². The second-order valence-electron chi connectivity index (χ2n) is 4.53. The molecule has 1 aromatic heterocycles. The summed E-state index contributed by atoms with van der Waals surface area (Å²) in [6, 6.07) is 4.09.